The highest BCUT2D eigenvalue weighted by Gasteiger charge is 2.18. The molecule has 0 bridgehead atoms. The Kier molecular flexibility index (Phi) is 3.51. The minimum absolute atomic E-state index is 0.0138. The fourth-order valence-electron chi connectivity index (χ4n) is 2.24. The summed E-state index contributed by atoms with van der Waals surface area (Å²) in [5, 5.41) is 1.71. The van der Waals surface area contributed by atoms with E-state index in [1.807, 2.05) is 18.2 Å². The Morgan fingerprint density at radius 1 is 1.10 bits per heavy atom. The van der Waals surface area contributed by atoms with E-state index in [9.17, 15) is 8.42 Å². The zero-order valence-electron chi connectivity index (χ0n) is 12.4. The summed E-state index contributed by atoms with van der Waals surface area (Å²) in [6, 6.07) is 9.68. The van der Waals surface area contributed by atoms with Crippen LogP contribution in [-0.4, -0.2) is 14.7 Å². The number of fused-ring (bicyclic) bond motifs is 1. The minimum atomic E-state index is -3.27. The third-order valence-electron chi connectivity index (χ3n) is 3.44. The molecule has 0 aromatic heterocycles. The van der Waals surface area contributed by atoms with E-state index < -0.39 is 9.84 Å². The van der Waals surface area contributed by atoms with Crippen molar-refractivity contribution in [2.75, 3.05) is 6.26 Å². The Morgan fingerprint density at radius 3 is 2.25 bits per heavy atom. The highest BCUT2D eigenvalue weighted by atomic mass is 32.2. The zero-order chi connectivity index (χ0) is 15.1. The van der Waals surface area contributed by atoms with Gasteiger partial charge in [0.2, 0.25) is 0 Å². The van der Waals surface area contributed by atoms with Crippen LogP contribution < -0.4 is 0 Å². The summed E-state index contributed by atoms with van der Waals surface area (Å²) < 4.78 is 24.1. The van der Waals surface area contributed by atoms with Crippen LogP contribution in [0.2, 0.25) is 0 Å². The molecule has 0 N–H and O–H groups in total. The van der Waals surface area contributed by atoms with Crippen molar-refractivity contribution in [1.82, 2.24) is 0 Å². The van der Waals surface area contributed by atoms with Gasteiger partial charge in [0.25, 0.3) is 0 Å². The Balaban J connectivity index is 2.90. The topological polar surface area (TPSA) is 34.1 Å². The molecule has 2 rings (SSSR count). The van der Waals surface area contributed by atoms with Crippen molar-refractivity contribution in [2.45, 2.75) is 31.1 Å². The van der Waals surface area contributed by atoms with Gasteiger partial charge in [0.15, 0.2) is 9.84 Å². The van der Waals surface area contributed by atoms with Gasteiger partial charge in [-0.05, 0) is 40.1 Å². The average Bonchev–Trinajstić information content (AvgIpc) is 2.34. The molecular formula is C17H20O2S. The van der Waals surface area contributed by atoms with E-state index in [1.165, 1.54) is 6.26 Å². The minimum Gasteiger partial charge on any atom is -0.224 e. The van der Waals surface area contributed by atoms with Crippen molar-refractivity contribution in [3.05, 3.63) is 48.0 Å². The summed E-state index contributed by atoms with van der Waals surface area (Å²) in [4.78, 5) is 0.371. The van der Waals surface area contributed by atoms with Gasteiger partial charge >= 0.3 is 0 Å². The summed E-state index contributed by atoms with van der Waals surface area (Å²) in [7, 11) is -3.27. The number of sulfone groups is 1. The third-order valence-corrected chi connectivity index (χ3v) is 4.58. The van der Waals surface area contributed by atoms with E-state index in [0.29, 0.717) is 4.90 Å². The van der Waals surface area contributed by atoms with Crippen LogP contribution in [0.5, 0.6) is 0 Å². The lowest BCUT2D eigenvalue weighted by Crippen LogP contribution is -2.11. The smallest absolute Gasteiger partial charge is 0.176 e. The van der Waals surface area contributed by atoms with Gasteiger partial charge in [0.05, 0.1) is 4.90 Å². The maximum Gasteiger partial charge on any atom is 0.176 e. The van der Waals surface area contributed by atoms with Crippen LogP contribution in [0.3, 0.4) is 0 Å². The fourth-order valence-corrected chi connectivity index (χ4v) is 3.16. The second kappa shape index (κ2) is 4.74. The van der Waals surface area contributed by atoms with Gasteiger partial charge in [0.1, 0.15) is 0 Å². The lowest BCUT2D eigenvalue weighted by molar-refractivity contribution is 0.590. The van der Waals surface area contributed by atoms with Crippen molar-refractivity contribution < 1.29 is 8.42 Å². The van der Waals surface area contributed by atoms with E-state index in [-0.39, 0.29) is 5.41 Å². The maximum absolute atomic E-state index is 12.0. The molecule has 0 unspecified atom stereocenters. The Labute approximate surface area is 121 Å². The van der Waals surface area contributed by atoms with E-state index in [0.717, 1.165) is 21.9 Å². The summed E-state index contributed by atoms with van der Waals surface area (Å²) in [5.41, 5.74) is 1.93. The molecule has 0 saturated carbocycles. The van der Waals surface area contributed by atoms with Crippen LogP contribution in [0.4, 0.5) is 0 Å². The number of rotatable bonds is 2. The molecule has 0 heterocycles. The quantitative estimate of drug-likeness (QED) is 0.830. The van der Waals surface area contributed by atoms with Crippen molar-refractivity contribution >= 4 is 26.7 Å². The van der Waals surface area contributed by atoms with E-state index >= 15 is 0 Å². The van der Waals surface area contributed by atoms with Gasteiger partial charge in [-0.15, -0.1) is 0 Å². The molecule has 0 fully saturated rings. The molecule has 0 amide bonds. The molecule has 106 valence electrons. The standard InChI is InChI=1S/C17H20O2S/c1-6-12-9-13-7-8-14(17(2,3)4)11-15(13)16(10-12)20(5,18)19/h6-11H,1H2,2-5H3. The third kappa shape index (κ3) is 2.78. The first-order valence-electron chi connectivity index (χ1n) is 6.54. The molecule has 3 heteroatoms. The summed E-state index contributed by atoms with van der Waals surface area (Å²) >= 11 is 0. The molecule has 0 spiro atoms. The molecule has 0 aliphatic rings. The van der Waals surface area contributed by atoms with Gasteiger partial charge in [-0.2, -0.15) is 0 Å². The van der Waals surface area contributed by atoms with Gasteiger partial charge in [-0.25, -0.2) is 8.42 Å². The van der Waals surface area contributed by atoms with Crippen LogP contribution in [0.1, 0.15) is 31.9 Å². The highest BCUT2D eigenvalue weighted by molar-refractivity contribution is 7.91. The van der Waals surface area contributed by atoms with Crippen molar-refractivity contribution in [1.29, 1.82) is 0 Å². The van der Waals surface area contributed by atoms with E-state index in [4.69, 9.17) is 0 Å². The van der Waals surface area contributed by atoms with E-state index in [2.05, 4.69) is 33.4 Å². The first kappa shape index (κ1) is 14.8. The predicted octanol–water partition coefficient (Wildman–Crippen LogP) is 4.18. The maximum atomic E-state index is 12.0. The average molecular weight is 288 g/mol. The molecule has 0 saturated heterocycles. The van der Waals surface area contributed by atoms with E-state index in [1.54, 1.807) is 12.1 Å². The van der Waals surface area contributed by atoms with Crippen LogP contribution in [0.15, 0.2) is 41.8 Å². The summed E-state index contributed by atoms with van der Waals surface area (Å²) in [6.07, 6.45) is 2.92. The summed E-state index contributed by atoms with van der Waals surface area (Å²) in [5.74, 6) is 0. The molecule has 2 aromatic rings. The highest BCUT2D eigenvalue weighted by Crippen LogP contribution is 2.31. The van der Waals surface area contributed by atoms with Gasteiger partial charge in [0, 0.05) is 11.6 Å². The molecule has 0 aliphatic heterocycles. The molecule has 2 nitrogen and oxygen atoms in total. The molecule has 20 heavy (non-hydrogen) atoms. The van der Waals surface area contributed by atoms with Gasteiger partial charge in [-0.1, -0.05) is 45.6 Å². The second-order valence-electron chi connectivity index (χ2n) is 6.18. The molecule has 0 atom stereocenters. The largest absolute Gasteiger partial charge is 0.224 e. The lowest BCUT2D eigenvalue weighted by atomic mass is 9.86. The van der Waals surface area contributed by atoms with Crippen LogP contribution in [0.25, 0.3) is 16.8 Å². The first-order valence-corrected chi connectivity index (χ1v) is 8.43. The molecular weight excluding hydrogens is 268 g/mol. The van der Waals surface area contributed by atoms with Crippen LogP contribution in [-0.2, 0) is 15.3 Å². The number of hydrogen-bond donors (Lipinski definition) is 0. The normalized spacial score (nSPS) is 12.6. The summed E-state index contributed by atoms with van der Waals surface area (Å²) in [6.45, 7) is 10.1. The van der Waals surface area contributed by atoms with Crippen LogP contribution in [0, 0.1) is 0 Å². The van der Waals surface area contributed by atoms with Crippen LogP contribution >= 0.6 is 0 Å². The van der Waals surface area contributed by atoms with Gasteiger partial charge in [-0.3, -0.25) is 0 Å². The lowest BCUT2D eigenvalue weighted by Gasteiger charge is -2.20. The molecule has 0 radical (unpaired) electrons. The fraction of sp³-hybridized carbons (Fsp3) is 0.294. The SMILES string of the molecule is C=Cc1cc(S(C)(=O)=O)c2cc(C(C)(C)C)ccc2c1. The number of hydrogen-bond acceptors (Lipinski definition) is 2. The second-order valence-corrected chi connectivity index (χ2v) is 8.17. The number of benzene rings is 2. The Hall–Kier alpha value is -1.61. The van der Waals surface area contributed by atoms with Gasteiger partial charge < -0.3 is 0 Å². The Bertz CT molecular complexity index is 778. The predicted molar refractivity (Wildman–Crippen MR) is 85.8 cm³/mol. The Morgan fingerprint density at radius 2 is 1.75 bits per heavy atom. The zero-order valence-corrected chi connectivity index (χ0v) is 13.2. The molecule has 0 aliphatic carbocycles. The first-order chi connectivity index (χ1) is 9.13. The van der Waals surface area contributed by atoms with Crippen molar-refractivity contribution in [2.24, 2.45) is 0 Å². The van der Waals surface area contributed by atoms with Crippen molar-refractivity contribution in [3.8, 4) is 0 Å². The molecule has 2 aromatic carbocycles. The van der Waals surface area contributed by atoms with Crippen molar-refractivity contribution in [3.63, 3.8) is 0 Å². The monoisotopic (exact) mass is 288 g/mol.